The van der Waals surface area contributed by atoms with Gasteiger partial charge in [-0.15, -0.1) is 0 Å². The molecule has 6 heteroatoms. The maximum absolute atomic E-state index is 11.9. The molecule has 2 aromatic rings. The first-order valence-corrected chi connectivity index (χ1v) is 8.06. The van der Waals surface area contributed by atoms with Crippen molar-refractivity contribution in [3.63, 3.8) is 0 Å². The molecule has 0 radical (unpaired) electrons. The Morgan fingerprint density at radius 1 is 1.18 bits per heavy atom. The van der Waals surface area contributed by atoms with Crippen molar-refractivity contribution < 1.29 is 9.53 Å². The molecule has 0 spiro atoms. The van der Waals surface area contributed by atoms with E-state index in [1.165, 1.54) is 0 Å². The van der Waals surface area contributed by atoms with Crippen LogP contribution in [0.5, 0.6) is 5.75 Å². The fourth-order valence-corrected chi connectivity index (χ4v) is 2.60. The maximum Gasteiger partial charge on any atom is 0.262 e. The second kappa shape index (κ2) is 7.36. The summed E-state index contributed by atoms with van der Waals surface area (Å²) in [6.45, 7) is 3.84. The highest BCUT2D eigenvalue weighted by Crippen LogP contribution is 2.27. The predicted octanol–water partition coefficient (Wildman–Crippen LogP) is 5.39. The van der Waals surface area contributed by atoms with Crippen LogP contribution in [-0.4, -0.2) is 12.5 Å². The molecule has 2 rings (SSSR count). The summed E-state index contributed by atoms with van der Waals surface area (Å²) >= 11 is 15.3. The first-order valence-electron chi connectivity index (χ1n) is 6.51. The third-order valence-corrected chi connectivity index (χ3v) is 4.78. The van der Waals surface area contributed by atoms with Gasteiger partial charge in [0.05, 0.1) is 10.7 Å². The van der Waals surface area contributed by atoms with E-state index in [0.29, 0.717) is 21.5 Å². The molecular weight excluding hydrogens is 389 g/mol. The Kier molecular flexibility index (Phi) is 5.73. The van der Waals surface area contributed by atoms with Crippen LogP contribution < -0.4 is 10.1 Å². The van der Waals surface area contributed by atoms with Crippen LogP contribution in [0, 0.1) is 13.8 Å². The number of aryl methyl sites for hydroxylation is 2. The SMILES string of the molecule is Cc1cc(OCC(=O)Nc2ccc(Cl)cc2Cl)cc(C)c1Br. The number of ether oxygens (including phenoxy) is 1. The molecule has 0 saturated carbocycles. The zero-order valence-corrected chi connectivity index (χ0v) is 15.1. The smallest absolute Gasteiger partial charge is 0.262 e. The van der Waals surface area contributed by atoms with Gasteiger partial charge in [-0.3, -0.25) is 4.79 Å². The fraction of sp³-hybridized carbons (Fsp3) is 0.188. The molecule has 0 unspecified atom stereocenters. The number of carbonyl (C=O) groups excluding carboxylic acids is 1. The summed E-state index contributed by atoms with van der Waals surface area (Å²) in [6, 6.07) is 8.63. The monoisotopic (exact) mass is 401 g/mol. The molecule has 0 heterocycles. The van der Waals surface area contributed by atoms with E-state index in [0.717, 1.165) is 15.6 Å². The van der Waals surface area contributed by atoms with E-state index in [-0.39, 0.29) is 12.5 Å². The normalized spacial score (nSPS) is 10.4. The summed E-state index contributed by atoms with van der Waals surface area (Å²) in [5.74, 6) is 0.359. The van der Waals surface area contributed by atoms with Crippen molar-refractivity contribution in [1.29, 1.82) is 0 Å². The van der Waals surface area contributed by atoms with E-state index < -0.39 is 0 Å². The standard InChI is InChI=1S/C16H14BrCl2NO2/c1-9-5-12(6-10(2)16(9)17)22-8-15(21)20-14-4-3-11(18)7-13(14)19/h3-7H,8H2,1-2H3,(H,20,21). The van der Waals surface area contributed by atoms with Gasteiger partial charge in [-0.2, -0.15) is 0 Å². The van der Waals surface area contributed by atoms with E-state index in [2.05, 4.69) is 21.2 Å². The number of nitrogens with one attached hydrogen (secondary N) is 1. The predicted molar refractivity (Wildman–Crippen MR) is 94.2 cm³/mol. The Hall–Kier alpha value is -1.23. The maximum atomic E-state index is 11.9. The number of rotatable bonds is 4. The Balaban J connectivity index is 1.98. The number of hydrogen-bond acceptors (Lipinski definition) is 2. The van der Waals surface area contributed by atoms with Crippen LogP contribution in [-0.2, 0) is 4.79 Å². The highest BCUT2D eigenvalue weighted by atomic mass is 79.9. The van der Waals surface area contributed by atoms with Crippen LogP contribution in [0.2, 0.25) is 10.0 Å². The lowest BCUT2D eigenvalue weighted by atomic mass is 10.1. The molecule has 3 nitrogen and oxygen atoms in total. The second-order valence-corrected chi connectivity index (χ2v) is 6.47. The van der Waals surface area contributed by atoms with Crippen LogP contribution in [0.25, 0.3) is 0 Å². The summed E-state index contributed by atoms with van der Waals surface area (Å²) in [4.78, 5) is 11.9. The minimum atomic E-state index is -0.289. The summed E-state index contributed by atoms with van der Waals surface area (Å²) < 4.78 is 6.56. The number of hydrogen-bond donors (Lipinski definition) is 1. The Morgan fingerprint density at radius 2 is 1.82 bits per heavy atom. The quantitative estimate of drug-likeness (QED) is 0.744. The third-order valence-electron chi connectivity index (χ3n) is 2.99. The van der Waals surface area contributed by atoms with E-state index >= 15 is 0 Å². The second-order valence-electron chi connectivity index (χ2n) is 4.83. The fourth-order valence-electron chi connectivity index (χ4n) is 1.92. The molecule has 2 aromatic carbocycles. The summed E-state index contributed by atoms with van der Waals surface area (Å²) in [6.07, 6.45) is 0. The summed E-state index contributed by atoms with van der Waals surface area (Å²) in [7, 11) is 0. The van der Waals surface area contributed by atoms with Crippen molar-refractivity contribution in [3.8, 4) is 5.75 Å². The van der Waals surface area contributed by atoms with Crippen molar-refractivity contribution in [3.05, 3.63) is 56.0 Å². The average molecular weight is 403 g/mol. The molecule has 1 N–H and O–H groups in total. The number of benzene rings is 2. The van der Waals surface area contributed by atoms with E-state index in [9.17, 15) is 4.79 Å². The number of halogens is 3. The summed E-state index contributed by atoms with van der Waals surface area (Å²) in [5, 5.41) is 3.58. The molecule has 0 aliphatic carbocycles. The lowest BCUT2D eigenvalue weighted by Crippen LogP contribution is -2.20. The van der Waals surface area contributed by atoms with E-state index in [1.807, 2.05) is 26.0 Å². The zero-order valence-electron chi connectivity index (χ0n) is 12.0. The highest BCUT2D eigenvalue weighted by molar-refractivity contribution is 9.10. The molecule has 0 atom stereocenters. The van der Waals surface area contributed by atoms with Crippen molar-refractivity contribution in [2.75, 3.05) is 11.9 Å². The van der Waals surface area contributed by atoms with Crippen molar-refractivity contribution in [2.24, 2.45) is 0 Å². The van der Waals surface area contributed by atoms with Gasteiger partial charge < -0.3 is 10.1 Å². The zero-order chi connectivity index (χ0) is 16.3. The number of amides is 1. The topological polar surface area (TPSA) is 38.3 Å². The van der Waals surface area contributed by atoms with Crippen molar-refractivity contribution >= 4 is 50.7 Å². The molecule has 116 valence electrons. The van der Waals surface area contributed by atoms with Gasteiger partial charge >= 0.3 is 0 Å². The molecule has 22 heavy (non-hydrogen) atoms. The largest absolute Gasteiger partial charge is 0.484 e. The molecule has 1 amide bonds. The first kappa shape index (κ1) is 17.1. The highest BCUT2D eigenvalue weighted by Gasteiger charge is 2.09. The lowest BCUT2D eigenvalue weighted by molar-refractivity contribution is -0.118. The molecule has 0 fully saturated rings. The van der Waals surface area contributed by atoms with Crippen molar-refractivity contribution in [1.82, 2.24) is 0 Å². The molecule has 0 saturated heterocycles. The molecule has 0 aliphatic heterocycles. The Bertz CT molecular complexity index is 696. The molecule has 0 bridgehead atoms. The van der Waals surface area contributed by atoms with Crippen LogP contribution in [0.3, 0.4) is 0 Å². The number of carbonyl (C=O) groups is 1. The van der Waals surface area contributed by atoms with Gasteiger partial charge in [0.2, 0.25) is 0 Å². The lowest BCUT2D eigenvalue weighted by Gasteiger charge is -2.11. The Morgan fingerprint density at radius 3 is 2.41 bits per heavy atom. The van der Waals surface area contributed by atoms with Crippen LogP contribution in [0.1, 0.15) is 11.1 Å². The van der Waals surface area contributed by atoms with Crippen LogP contribution in [0.15, 0.2) is 34.8 Å². The van der Waals surface area contributed by atoms with Gasteiger partial charge in [-0.1, -0.05) is 39.1 Å². The average Bonchev–Trinajstić information content (AvgIpc) is 2.45. The summed E-state index contributed by atoms with van der Waals surface area (Å²) in [5.41, 5.74) is 2.61. The van der Waals surface area contributed by atoms with E-state index in [4.69, 9.17) is 27.9 Å². The van der Waals surface area contributed by atoms with Gasteiger partial charge in [-0.25, -0.2) is 0 Å². The van der Waals surface area contributed by atoms with Gasteiger partial charge in [-0.05, 0) is 55.3 Å². The van der Waals surface area contributed by atoms with Crippen LogP contribution >= 0.6 is 39.1 Å². The van der Waals surface area contributed by atoms with Gasteiger partial charge in [0.1, 0.15) is 5.75 Å². The molecular formula is C16H14BrCl2NO2. The van der Waals surface area contributed by atoms with Gasteiger partial charge in [0, 0.05) is 9.50 Å². The Labute approximate surface area is 147 Å². The third kappa shape index (κ3) is 4.38. The van der Waals surface area contributed by atoms with Crippen LogP contribution in [0.4, 0.5) is 5.69 Å². The minimum Gasteiger partial charge on any atom is -0.484 e. The first-order chi connectivity index (χ1) is 10.4. The van der Waals surface area contributed by atoms with E-state index in [1.54, 1.807) is 18.2 Å². The molecule has 0 aliphatic rings. The van der Waals surface area contributed by atoms with Crippen molar-refractivity contribution in [2.45, 2.75) is 13.8 Å². The van der Waals surface area contributed by atoms with Gasteiger partial charge in [0.25, 0.3) is 5.91 Å². The van der Waals surface area contributed by atoms with Gasteiger partial charge in [0.15, 0.2) is 6.61 Å². The number of anilines is 1. The minimum absolute atomic E-state index is 0.0978. The molecule has 0 aromatic heterocycles.